The third-order valence-corrected chi connectivity index (χ3v) is 8.87. The Morgan fingerprint density at radius 3 is 2.50 bits per heavy atom. The summed E-state index contributed by atoms with van der Waals surface area (Å²) in [4.78, 5) is 37.9. The van der Waals surface area contributed by atoms with E-state index in [4.69, 9.17) is 4.74 Å². The van der Waals surface area contributed by atoms with Gasteiger partial charge in [-0.15, -0.1) is 0 Å². The Bertz CT molecular complexity index is 1720. The van der Waals surface area contributed by atoms with Gasteiger partial charge in [-0.25, -0.2) is 13.2 Å². The van der Waals surface area contributed by atoms with Crippen LogP contribution in [0.15, 0.2) is 89.0 Å². The van der Waals surface area contributed by atoms with Crippen LogP contribution in [0.4, 0.5) is 17.1 Å². The van der Waals surface area contributed by atoms with Crippen LogP contribution in [0, 0.1) is 0 Å². The van der Waals surface area contributed by atoms with Gasteiger partial charge in [0, 0.05) is 55.4 Å². The fourth-order valence-electron chi connectivity index (χ4n) is 5.26. The van der Waals surface area contributed by atoms with E-state index in [1.54, 1.807) is 73.6 Å². The zero-order chi connectivity index (χ0) is 31.1. The molecule has 1 aliphatic heterocycles. The highest BCUT2D eigenvalue weighted by Gasteiger charge is 2.25. The van der Waals surface area contributed by atoms with Gasteiger partial charge >= 0.3 is 5.97 Å². The molecule has 1 aromatic heterocycles. The lowest BCUT2D eigenvalue weighted by atomic mass is 9.96. The fourth-order valence-corrected chi connectivity index (χ4v) is 6.49. The number of nitrogens with one attached hydrogen (secondary N) is 1. The number of para-hydroxylation sites is 1. The molecule has 2 aromatic carbocycles. The second-order valence-electron chi connectivity index (χ2n) is 10.3. The summed E-state index contributed by atoms with van der Waals surface area (Å²) in [7, 11) is -3.97. The third-order valence-electron chi connectivity index (χ3n) is 7.46. The minimum absolute atomic E-state index is 0.0876. The summed E-state index contributed by atoms with van der Waals surface area (Å²) in [6.45, 7) is 5.92. The van der Waals surface area contributed by atoms with Gasteiger partial charge in [0.2, 0.25) is 0 Å². The van der Waals surface area contributed by atoms with Crippen LogP contribution >= 0.6 is 0 Å². The first-order chi connectivity index (χ1) is 21.3. The SMILES string of the molecule is CC=Nc1c(C2=CC=CCC2)cccc1S(=O)(=O)Nc1ccc(C(=O)N2CCN(c3cncc(C(=O)OCC)c3)CC2)cc1. The van der Waals surface area contributed by atoms with E-state index in [-0.39, 0.29) is 17.4 Å². The molecule has 0 saturated carbocycles. The van der Waals surface area contributed by atoms with E-state index in [2.05, 4.69) is 25.7 Å². The van der Waals surface area contributed by atoms with Crippen molar-refractivity contribution in [2.45, 2.75) is 31.6 Å². The first-order valence-corrected chi connectivity index (χ1v) is 16.1. The molecular weight excluding hydrogens is 578 g/mol. The number of piperazine rings is 1. The maximum absolute atomic E-state index is 13.5. The summed E-state index contributed by atoms with van der Waals surface area (Å²) in [5.74, 6) is -0.556. The molecule has 3 aromatic rings. The van der Waals surface area contributed by atoms with Crippen molar-refractivity contribution in [1.29, 1.82) is 0 Å². The molecule has 1 aliphatic carbocycles. The first kappa shape index (κ1) is 30.7. The van der Waals surface area contributed by atoms with E-state index >= 15 is 0 Å². The number of pyridine rings is 1. The maximum Gasteiger partial charge on any atom is 0.339 e. The number of sulfonamides is 1. The van der Waals surface area contributed by atoms with Crippen molar-refractivity contribution < 1.29 is 22.7 Å². The minimum atomic E-state index is -3.97. The van der Waals surface area contributed by atoms with Gasteiger partial charge in [-0.2, -0.15) is 0 Å². The molecular formula is C33H35N5O5S. The van der Waals surface area contributed by atoms with Crippen molar-refractivity contribution in [2.75, 3.05) is 42.4 Å². The lowest BCUT2D eigenvalue weighted by Gasteiger charge is -2.36. The second-order valence-corrected chi connectivity index (χ2v) is 12.0. The summed E-state index contributed by atoms with van der Waals surface area (Å²) < 4.78 is 34.7. The molecule has 1 amide bonds. The van der Waals surface area contributed by atoms with Gasteiger partial charge in [0.05, 0.1) is 29.7 Å². The number of hydrogen-bond donors (Lipinski definition) is 1. The third kappa shape index (κ3) is 6.89. The number of esters is 1. The van der Waals surface area contributed by atoms with Gasteiger partial charge in [-0.3, -0.25) is 19.5 Å². The topological polar surface area (TPSA) is 121 Å². The van der Waals surface area contributed by atoms with Gasteiger partial charge in [0.1, 0.15) is 4.90 Å². The molecule has 0 spiro atoms. The van der Waals surface area contributed by atoms with Crippen LogP contribution in [0.25, 0.3) is 5.57 Å². The zero-order valence-electron chi connectivity index (χ0n) is 24.8. The number of carbonyl (C=O) groups is 2. The molecule has 11 heteroatoms. The number of aliphatic imine (C=N–C) groups is 1. The van der Waals surface area contributed by atoms with Crippen molar-refractivity contribution in [1.82, 2.24) is 9.88 Å². The highest BCUT2D eigenvalue weighted by atomic mass is 32.2. The normalized spacial score (nSPS) is 15.3. The summed E-state index contributed by atoms with van der Waals surface area (Å²) in [6, 6.07) is 13.4. The molecule has 2 heterocycles. The summed E-state index contributed by atoms with van der Waals surface area (Å²) in [5, 5.41) is 0. The van der Waals surface area contributed by atoms with Crippen molar-refractivity contribution in [3.63, 3.8) is 0 Å². The van der Waals surface area contributed by atoms with Crippen LogP contribution in [-0.4, -0.2) is 69.2 Å². The van der Waals surface area contributed by atoms with Gasteiger partial charge in [0.25, 0.3) is 15.9 Å². The Kier molecular flexibility index (Phi) is 9.54. The average molecular weight is 614 g/mol. The molecule has 2 aliphatic rings. The van der Waals surface area contributed by atoms with Gasteiger partial charge in [-0.1, -0.05) is 30.4 Å². The van der Waals surface area contributed by atoms with Crippen molar-refractivity contribution in [3.05, 3.63) is 95.8 Å². The predicted octanol–water partition coefficient (Wildman–Crippen LogP) is 5.48. The number of aromatic nitrogens is 1. The van der Waals surface area contributed by atoms with Crippen LogP contribution in [0.5, 0.6) is 0 Å². The maximum atomic E-state index is 13.5. The summed E-state index contributed by atoms with van der Waals surface area (Å²) in [5.41, 5.74) is 4.22. The molecule has 5 rings (SSSR count). The molecule has 1 fully saturated rings. The monoisotopic (exact) mass is 613 g/mol. The highest BCUT2D eigenvalue weighted by Crippen LogP contribution is 2.36. The fraction of sp³-hybridized carbons (Fsp3) is 0.273. The number of ether oxygens (including phenoxy) is 1. The van der Waals surface area contributed by atoms with Gasteiger partial charge < -0.3 is 14.5 Å². The van der Waals surface area contributed by atoms with E-state index in [1.807, 2.05) is 18.2 Å². The van der Waals surface area contributed by atoms with Crippen molar-refractivity contribution in [2.24, 2.45) is 4.99 Å². The molecule has 0 bridgehead atoms. The van der Waals surface area contributed by atoms with Crippen molar-refractivity contribution in [3.8, 4) is 0 Å². The number of anilines is 2. The number of nitrogens with zero attached hydrogens (tertiary/aromatic N) is 4. The minimum Gasteiger partial charge on any atom is -0.462 e. The highest BCUT2D eigenvalue weighted by molar-refractivity contribution is 7.92. The number of carbonyl (C=O) groups excluding carboxylic acids is 2. The van der Waals surface area contributed by atoms with E-state index in [0.717, 1.165) is 29.7 Å². The molecule has 0 atom stereocenters. The summed E-state index contributed by atoms with van der Waals surface area (Å²) in [6.07, 6.45) is 12.5. The van der Waals surface area contributed by atoms with Crippen LogP contribution < -0.4 is 9.62 Å². The predicted molar refractivity (Wildman–Crippen MR) is 172 cm³/mol. The number of benzene rings is 2. The summed E-state index contributed by atoms with van der Waals surface area (Å²) >= 11 is 0. The first-order valence-electron chi connectivity index (χ1n) is 14.6. The quantitative estimate of drug-likeness (QED) is 0.251. The van der Waals surface area contributed by atoms with E-state index in [0.29, 0.717) is 48.7 Å². The van der Waals surface area contributed by atoms with Gasteiger partial charge in [0.15, 0.2) is 0 Å². The molecule has 44 heavy (non-hydrogen) atoms. The Labute approximate surface area is 257 Å². The second kappa shape index (κ2) is 13.7. The Morgan fingerprint density at radius 1 is 1.05 bits per heavy atom. The van der Waals surface area contributed by atoms with E-state index in [1.165, 1.54) is 6.20 Å². The smallest absolute Gasteiger partial charge is 0.339 e. The average Bonchev–Trinajstić information content (AvgIpc) is 3.05. The number of hydrogen-bond acceptors (Lipinski definition) is 8. The van der Waals surface area contributed by atoms with Crippen LogP contribution in [0.1, 0.15) is 53.0 Å². The Morgan fingerprint density at radius 2 is 1.82 bits per heavy atom. The molecule has 1 saturated heterocycles. The standard InChI is InChI=1S/C33H35N5O5S/c1-3-35-31-29(24-9-6-5-7-10-24)11-8-12-30(31)44(41,42)36-27-15-13-25(14-16-27)32(39)38-19-17-37(18-20-38)28-21-26(22-34-23-28)33(40)43-4-2/h3,5-6,8-9,11-16,21-23,36H,4,7,10,17-20H2,1-2H3. The Hall–Kier alpha value is -4.77. The van der Waals surface area contributed by atoms with E-state index in [9.17, 15) is 18.0 Å². The number of allylic oxidation sites excluding steroid dienone is 4. The molecule has 0 radical (unpaired) electrons. The Balaban J connectivity index is 1.25. The molecule has 0 unspecified atom stereocenters. The molecule has 1 N–H and O–H groups in total. The van der Waals surface area contributed by atoms with Gasteiger partial charge in [-0.05, 0) is 68.7 Å². The van der Waals surface area contributed by atoms with Crippen LogP contribution in [0.3, 0.4) is 0 Å². The molecule has 228 valence electrons. The largest absolute Gasteiger partial charge is 0.462 e. The molecule has 10 nitrogen and oxygen atoms in total. The number of rotatable bonds is 9. The lowest BCUT2D eigenvalue weighted by Crippen LogP contribution is -2.48. The van der Waals surface area contributed by atoms with Crippen LogP contribution in [-0.2, 0) is 14.8 Å². The zero-order valence-corrected chi connectivity index (χ0v) is 25.6. The van der Waals surface area contributed by atoms with E-state index < -0.39 is 16.0 Å². The lowest BCUT2D eigenvalue weighted by molar-refractivity contribution is 0.0525. The number of amides is 1. The van der Waals surface area contributed by atoms with Crippen LogP contribution in [0.2, 0.25) is 0 Å². The van der Waals surface area contributed by atoms with Crippen molar-refractivity contribution >= 4 is 50.7 Å².